The van der Waals surface area contributed by atoms with Crippen LogP contribution >= 0.6 is 0 Å². The molecule has 206 valence electrons. The van der Waals surface area contributed by atoms with Gasteiger partial charge >= 0.3 is 0 Å². The first kappa shape index (κ1) is 36.3. The molecule has 0 amide bonds. The second-order valence-corrected chi connectivity index (χ2v) is 9.63. The Hall–Kier alpha value is -0.875. The van der Waals surface area contributed by atoms with Crippen molar-refractivity contribution >= 4 is 12.6 Å². The molecule has 0 saturated heterocycles. The molecular formula is C30H61BN2O2. The first-order chi connectivity index (χ1) is 17.1. The van der Waals surface area contributed by atoms with Crippen LogP contribution < -0.4 is 26.1 Å². The van der Waals surface area contributed by atoms with Crippen LogP contribution in [0.2, 0.25) is 0 Å². The summed E-state index contributed by atoms with van der Waals surface area (Å²) in [5, 5.41) is 26.1. The normalized spacial score (nSPS) is 10.3. The van der Waals surface area contributed by atoms with E-state index in [9.17, 15) is 10.0 Å². The molecule has 4 nitrogen and oxygen atoms in total. The number of unbranched alkanes of at least 4 members (excludes halogenated alkanes) is 13. The fourth-order valence-corrected chi connectivity index (χ4v) is 3.94. The first-order valence-electron chi connectivity index (χ1n) is 15.1. The Bertz CT molecular complexity index is 488. The highest BCUT2D eigenvalue weighted by Crippen LogP contribution is 2.13. The van der Waals surface area contributed by atoms with Gasteiger partial charge in [-0.25, -0.2) is 0 Å². The lowest BCUT2D eigenvalue weighted by Gasteiger charge is -2.26. The number of quaternary nitrogens is 2. The molecule has 0 aromatic heterocycles. The molecule has 0 unspecified atom stereocenters. The molecule has 0 aliphatic carbocycles. The number of nitrogens with two attached hydrogens (primary N) is 2. The van der Waals surface area contributed by atoms with Crippen molar-refractivity contribution in [3.8, 4) is 0 Å². The molecule has 0 bridgehead atoms. The van der Waals surface area contributed by atoms with E-state index < -0.39 is 7.12 Å². The minimum atomic E-state index is -1.85. The maximum absolute atomic E-state index is 10.8. The van der Waals surface area contributed by atoms with E-state index in [0.29, 0.717) is 5.46 Å². The molecule has 1 aromatic carbocycles. The Morgan fingerprint density at radius 1 is 0.514 bits per heavy atom. The Kier molecular flexibility index (Phi) is 32.3. The maximum Gasteiger partial charge on any atom is 0.0726 e. The van der Waals surface area contributed by atoms with Crippen molar-refractivity contribution in [1.29, 1.82) is 0 Å². The topological polar surface area (TPSA) is 79.3 Å². The van der Waals surface area contributed by atoms with Gasteiger partial charge in [-0.1, -0.05) is 122 Å². The van der Waals surface area contributed by atoms with Crippen molar-refractivity contribution in [3.05, 3.63) is 29.8 Å². The molecule has 0 saturated carbocycles. The van der Waals surface area contributed by atoms with Crippen LogP contribution in [0.5, 0.6) is 0 Å². The lowest BCUT2D eigenvalue weighted by Crippen LogP contribution is -2.82. The minimum Gasteiger partial charge on any atom is -0.889 e. The van der Waals surface area contributed by atoms with Crippen molar-refractivity contribution < 1.29 is 20.7 Å². The monoisotopic (exact) mass is 492 g/mol. The SMILES string of the molecule is CCCCCCCCCCCCCCCCc1ccc(B([O-])[O-])cc1.CC[NH2+]CC.CC[NH2+]CC. The quantitative estimate of drug-likeness (QED) is 0.216. The number of hydrogen-bond acceptors (Lipinski definition) is 2. The molecule has 4 N–H and O–H groups in total. The van der Waals surface area contributed by atoms with Crippen LogP contribution in [0.1, 0.15) is 130 Å². The molecule has 5 heteroatoms. The Morgan fingerprint density at radius 2 is 0.857 bits per heavy atom. The van der Waals surface area contributed by atoms with Crippen LogP contribution in [0, 0.1) is 0 Å². The molecule has 0 atom stereocenters. The number of aryl methyl sites for hydroxylation is 1. The Morgan fingerprint density at radius 3 is 1.14 bits per heavy atom. The second-order valence-electron chi connectivity index (χ2n) is 9.63. The van der Waals surface area contributed by atoms with E-state index in [2.05, 4.69) is 45.3 Å². The van der Waals surface area contributed by atoms with Gasteiger partial charge in [0.15, 0.2) is 0 Å². The van der Waals surface area contributed by atoms with Crippen molar-refractivity contribution in [3.63, 3.8) is 0 Å². The number of rotatable bonds is 20. The highest BCUT2D eigenvalue weighted by atomic mass is 16.4. The molecule has 0 aliphatic rings. The summed E-state index contributed by atoms with van der Waals surface area (Å²) in [5.74, 6) is 0. The van der Waals surface area contributed by atoms with Crippen molar-refractivity contribution in [2.45, 2.75) is 131 Å². The summed E-state index contributed by atoms with van der Waals surface area (Å²) >= 11 is 0. The zero-order valence-electron chi connectivity index (χ0n) is 24.3. The Balaban J connectivity index is 0. The summed E-state index contributed by atoms with van der Waals surface area (Å²) in [6.07, 6.45) is 20.4. The molecule has 0 fully saturated rings. The molecular weight excluding hydrogens is 431 g/mol. The summed E-state index contributed by atoms with van der Waals surface area (Å²) in [6.45, 7) is 15.8. The van der Waals surface area contributed by atoms with E-state index in [1.54, 1.807) is 12.1 Å². The van der Waals surface area contributed by atoms with Gasteiger partial charge in [0, 0.05) is 0 Å². The van der Waals surface area contributed by atoms with Gasteiger partial charge < -0.3 is 20.7 Å². The zero-order valence-corrected chi connectivity index (χ0v) is 24.3. The van der Waals surface area contributed by atoms with E-state index in [1.165, 1.54) is 122 Å². The van der Waals surface area contributed by atoms with Gasteiger partial charge in [0.2, 0.25) is 0 Å². The molecule has 35 heavy (non-hydrogen) atoms. The zero-order chi connectivity index (χ0) is 26.4. The second kappa shape index (κ2) is 31.2. The van der Waals surface area contributed by atoms with Gasteiger partial charge in [-0.15, -0.1) is 5.46 Å². The molecule has 0 aliphatic heterocycles. The van der Waals surface area contributed by atoms with Crippen molar-refractivity contribution in [1.82, 2.24) is 0 Å². The predicted molar refractivity (Wildman–Crippen MR) is 152 cm³/mol. The first-order valence-corrected chi connectivity index (χ1v) is 15.1. The summed E-state index contributed by atoms with van der Waals surface area (Å²) in [4.78, 5) is 0. The van der Waals surface area contributed by atoms with E-state index in [1.807, 2.05) is 12.1 Å². The van der Waals surface area contributed by atoms with E-state index in [0.717, 1.165) is 6.42 Å². The van der Waals surface area contributed by atoms with Crippen molar-refractivity contribution in [2.24, 2.45) is 0 Å². The standard InChI is InChI=1S/C22H37BO2.2C4H11N/c1-2-3-4-5-6-7-8-9-10-11-12-13-14-15-16-21-17-19-22(20-18-21)23(24)25;2*1-3-5-4-2/h17-20H,2-16H2,1H3;2*5H,3-4H2,1-2H3/q-2;;/p+2. The van der Waals surface area contributed by atoms with Gasteiger partial charge in [-0.05, 0) is 46.1 Å². The Labute approximate surface area is 220 Å². The van der Waals surface area contributed by atoms with E-state index >= 15 is 0 Å². The maximum atomic E-state index is 10.8. The number of benzene rings is 1. The molecule has 1 rings (SSSR count). The van der Waals surface area contributed by atoms with Gasteiger partial charge in [-0.3, -0.25) is 0 Å². The third-order valence-electron chi connectivity index (χ3n) is 6.23. The molecule has 0 heterocycles. The average Bonchev–Trinajstić information content (AvgIpc) is 2.86. The largest absolute Gasteiger partial charge is 0.889 e. The van der Waals surface area contributed by atoms with Crippen LogP contribution in [0.25, 0.3) is 0 Å². The van der Waals surface area contributed by atoms with Crippen molar-refractivity contribution in [2.75, 3.05) is 26.2 Å². The van der Waals surface area contributed by atoms with Crippen LogP contribution in [-0.4, -0.2) is 33.3 Å². The predicted octanol–water partition coefficient (Wildman–Crippen LogP) is 3.31. The lowest BCUT2D eigenvalue weighted by atomic mass is 9.80. The summed E-state index contributed by atoms with van der Waals surface area (Å²) < 4.78 is 0. The lowest BCUT2D eigenvalue weighted by molar-refractivity contribution is -0.648. The molecule has 1 aromatic rings. The van der Waals surface area contributed by atoms with E-state index in [4.69, 9.17) is 0 Å². The fourth-order valence-electron chi connectivity index (χ4n) is 3.94. The van der Waals surface area contributed by atoms with Crippen LogP contribution in [0.3, 0.4) is 0 Å². The van der Waals surface area contributed by atoms with Crippen LogP contribution in [-0.2, 0) is 6.42 Å². The fraction of sp³-hybridized carbons (Fsp3) is 0.800. The summed E-state index contributed by atoms with van der Waals surface area (Å²) in [5.41, 5.74) is 1.59. The number of hydrogen-bond donors (Lipinski definition) is 2. The smallest absolute Gasteiger partial charge is 0.0726 e. The third kappa shape index (κ3) is 29.2. The van der Waals surface area contributed by atoms with Gasteiger partial charge in [0.05, 0.1) is 26.2 Å². The third-order valence-corrected chi connectivity index (χ3v) is 6.23. The van der Waals surface area contributed by atoms with Gasteiger partial charge in [0.1, 0.15) is 0 Å². The van der Waals surface area contributed by atoms with E-state index in [-0.39, 0.29) is 0 Å². The molecule has 0 radical (unpaired) electrons. The highest BCUT2D eigenvalue weighted by molar-refractivity contribution is 6.55. The minimum absolute atomic E-state index is 0.352. The van der Waals surface area contributed by atoms with Crippen LogP contribution in [0.4, 0.5) is 0 Å². The average molecular weight is 493 g/mol. The van der Waals surface area contributed by atoms with Gasteiger partial charge in [-0.2, -0.15) is 0 Å². The highest BCUT2D eigenvalue weighted by Gasteiger charge is 1.96. The molecule has 0 spiro atoms. The van der Waals surface area contributed by atoms with Crippen LogP contribution in [0.15, 0.2) is 24.3 Å². The summed E-state index contributed by atoms with van der Waals surface area (Å²) in [7, 11) is -1.85. The summed E-state index contributed by atoms with van der Waals surface area (Å²) in [6, 6.07) is 7.23. The van der Waals surface area contributed by atoms with Gasteiger partial charge in [0.25, 0.3) is 0 Å².